The Bertz CT molecular complexity index is 1150. The first-order chi connectivity index (χ1) is 13.3. The molecule has 148 valence electrons. The highest BCUT2D eigenvalue weighted by Crippen LogP contribution is 2.34. The van der Waals surface area contributed by atoms with Gasteiger partial charge in [-0.05, 0) is 38.3 Å². The molecule has 0 radical (unpaired) electrons. The minimum absolute atomic E-state index is 0.0334. The molecule has 0 unspecified atom stereocenters. The maximum absolute atomic E-state index is 12.6. The third kappa shape index (κ3) is 4.00. The topological polar surface area (TPSA) is 105 Å². The second-order valence-electron chi connectivity index (χ2n) is 6.83. The third-order valence-electron chi connectivity index (χ3n) is 4.76. The summed E-state index contributed by atoms with van der Waals surface area (Å²) in [6, 6.07) is 1.70. The number of rotatable bonds is 8. The van der Waals surface area contributed by atoms with Crippen LogP contribution in [0.15, 0.2) is 23.6 Å². The van der Waals surface area contributed by atoms with E-state index in [2.05, 4.69) is 26.6 Å². The van der Waals surface area contributed by atoms with Crippen molar-refractivity contribution in [3.8, 4) is 0 Å². The van der Waals surface area contributed by atoms with E-state index in [4.69, 9.17) is 0 Å². The van der Waals surface area contributed by atoms with Crippen molar-refractivity contribution in [3.63, 3.8) is 0 Å². The molecular weight excluding hydrogens is 416 g/mol. The molecule has 0 bridgehead atoms. The van der Waals surface area contributed by atoms with Crippen LogP contribution in [0, 0.1) is 13.8 Å². The summed E-state index contributed by atoms with van der Waals surface area (Å²) < 4.78 is 26.4. The van der Waals surface area contributed by atoms with E-state index in [1.807, 2.05) is 6.92 Å². The minimum atomic E-state index is -3.24. The van der Waals surface area contributed by atoms with Crippen molar-refractivity contribution in [2.75, 3.05) is 5.75 Å². The maximum Gasteiger partial charge on any atom is 0.214 e. The van der Waals surface area contributed by atoms with Crippen molar-refractivity contribution >= 4 is 49.1 Å². The SMILES string of the molecule is Cc1sc2ncnc(SCC(=O)c3c[nH]c(CNS(=O)(=O)C4CC4)c3)c2c1C. The molecule has 0 spiro atoms. The number of aromatic nitrogens is 3. The summed E-state index contributed by atoms with van der Waals surface area (Å²) in [6.45, 7) is 4.27. The van der Waals surface area contributed by atoms with Gasteiger partial charge in [-0.3, -0.25) is 4.79 Å². The van der Waals surface area contributed by atoms with Gasteiger partial charge in [-0.2, -0.15) is 0 Å². The number of hydrogen-bond donors (Lipinski definition) is 2. The number of thioether (sulfide) groups is 1. The van der Waals surface area contributed by atoms with Crippen LogP contribution in [0.5, 0.6) is 0 Å². The second kappa shape index (κ2) is 7.58. The van der Waals surface area contributed by atoms with Gasteiger partial charge in [-0.25, -0.2) is 23.1 Å². The average Bonchev–Trinajstić information content (AvgIpc) is 3.36. The van der Waals surface area contributed by atoms with E-state index >= 15 is 0 Å². The van der Waals surface area contributed by atoms with E-state index < -0.39 is 10.0 Å². The summed E-state index contributed by atoms with van der Waals surface area (Å²) in [7, 11) is -3.24. The predicted octanol–water partition coefficient (Wildman–Crippen LogP) is 3.19. The lowest BCUT2D eigenvalue weighted by Crippen LogP contribution is -2.26. The van der Waals surface area contributed by atoms with Gasteiger partial charge in [0.15, 0.2) is 5.78 Å². The number of hydrogen-bond acceptors (Lipinski definition) is 7. The number of aromatic amines is 1. The zero-order valence-corrected chi connectivity index (χ0v) is 17.9. The predicted molar refractivity (Wildman–Crippen MR) is 112 cm³/mol. The molecule has 0 aliphatic heterocycles. The Labute approximate surface area is 171 Å². The molecule has 1 saturated carbocycles. The second-order valence-corrected chi connectivity index (χ2v) is 11.0. The first kappa shape index (κ1) is 19.6. The first-order valence-corrected chi connectivity index (χ1v) is 12.2. The number of fused-ring (bicyclic) bond motifs is 1. The Morgan fingerprint density at radius 3 is 2.89 bits per heavy atom. The normalized spacial score (nSPS) is 14.6. The van der Waals surface area contributed by atoms with Gasteiger partial charge in [-0.1, -0.05) is 11.8 Å². The maximum atomic E-state index is 12.6. The summed E-state index contributed by atoms with van der Waals surface area (Å²) in [4.78, 5) is 26.3. The Hall–Kier alpha value is -1.75. The average molecular weight is 437 g/mol. The zero-order chi connectivity index (χ0) is 19.9. The number of thiophene rings is 1. The number of H-pyrrole nitrogens is 1. The number of carbonyl (C=O) groups excluding carboxylic acids is 1. The summed E-state index contributed by atoms with van der Waals surface area (Å²) in [5.41, 5.74) is 2.37. The molecule has 1 fully saturated rings. The number of carbonyl (C=O) groups is 1. The highest BCUT2D eigenvalue weighted by Gasteiger charge is 2.35. The molecule has 7 nitrogen and oxygen atoms in total. The fourth-order valence-electron chi connectivity index (χ4n) is 2.86. The molecule has 3 aromatic heterocycles. The standard InChI is InChI=1S/C18H20N4O3S3/c1-10-11(2)27-18-16(10)17(20-9-21-18)26-8-15(23)12-5-13(19-6-12)7-22-28(24,25)14-3-4-14/h5-6,9,14,19,22H,3-4,7-8H2,1-2H3. The number of nitrogens with zero attached hydrogens (tertiary/aromatic N) is 2. The number of nitrogens with one attached hydrogen (secondary N) is 2. The molecule has 10 heteroatoms. The molecule has 2 N–H and O–H groups in total. The molecule has 0 saturated heterocycles. The van der Waals surface area contributed by atoms with Crippen LogP contribution in [0.2, 0.25) is 0 Å². The first-order valence-electron chi connectivity index (χ1n) is 8.87. The van der Waals surface area contributed by atoms with Gasteiger partial charge < -0.3 is 4.98 Å². The highest BCUT2D eigenvalue weighted by molar-refractivity contribution is 8.00. The van der Waals surface area contributed by atoms with Crippen molar-refractivity contribution < 1.29 is 13.2 Å². The monoisotopic (exact) mass is 436 g/mol. The molecule has 3 heterocycles. The van der Waals surface area contributed by atoms with E-state index in [1.165, 1.54) is 23.0 Å². The lowest BCUT2D eigenvalue weighted by atomic mass is 10.2. The van der Waals surface area contributed by atoms with Crippen molar-refractivity contribution in [3.05, 3.63) is 40.3 Å². The van der Waals surface area contributed by atoms with E-state index in [0.29, 0.717) is 11.3 Å². The molecule has 3 aromatic rings. The molecule has 1 aliphatic rings. The van der Waals surface area contributed by atoms with Crippen LogP contribution in [0.3, 0.4) is 0 Å². The molecule has 0 amide bonds. The lowest BCUT2D eigenvalue weighted by molar-refractivity contribution is 0.102. The van der Waals surface area contributed by atoms with Gasteiger partial charge in [0, 0.05) is 27.7 Å². The quantitative estimate of drug-likeness (QED) is 0.319. The largest absolute Gasteiger partial charge is 0.363 e. The molecule has 0 atom stereocenters. The van der Waals surface area contributed by atoms with Crippen LogP contribution in [0.1, 0.15) is 39.3 Å². The molecule has 28 heavy (non-hydrogen) atoms. The van der Waals surface area contributed by atoms with E-state index in [9.17, 15) is 13.2 Å². The van der Waals surface area contributed by atoms with E-state index in [-0.39, 0.29) is 23.3 Å². The number of ketones is 1. The van der Waals surface area contributed by atoms with Gasteiger partial charge >= 0.3 is 0 Å². The van der Waals surface area contributed by atoms with Gasteiger partial charge in [0.2, 0.25) is 10.0 Å². The van der Waals surface area contributed by atoms with Crippen molar-refractivity contribution in [1.82, 2.24) is 19.7 Å². The van der Waals surface area contributed by atoms with Crippen molar-refractivity contribution in [2.45, 2.75) is 43.5 Å². The number of aryl methyl sites for hydroxylation is 2. The highest BCUT2D eigenvalue weighted by atomic mass is 32.2. The fraction of sp³-hybridized carbons (Fsp3) is 0.389. The summed E-state index contributed by atoms with van der Waals surface area (Å²) in [5, 5.41) is 1.58. The van der Waals surface area contributed by atoms with Crippen LogP contribution in [-0.2, 0) is 16.6 Å². The fourth-order valence-corrected chi connectivity index (χ4v) is 6.22. The third-order valence-corrected chi connectivity index (χ3v) is 8.76. The van der Waals surface area contributed by atoms with Gasteiger partial charge in [0.05, 0.1) is 17.5 Å². The van der Waals surface area contributed by atoms with Crippen LogP contribution in [0.25, 0.3) is 10.2 Å². The molecule has 4 rings (SSSR count). The van der Waals surface area contributed by atoms with Gasteiger partial charge in [-0.15, -0.1) is 11.3 Å². The number of Topliss-reactive ketones (excluding diaryl/α,β-unsaturated/α-hetero) is 1. The smallest absolute Gasteiger partial charge is 0.214 e. The van der Waals surface area contributed by atoms with Crippen LogP contribution in [-0.4, -0.2) is 40.2 Å². The lowest BCUT2D eigenvalue weighted by Gasteiger charge is -2.03. The van der Waals surface area contributed by atoms with Crippen LogP contribution < -0.4 is 4.72 Å². The molecular formula is C18H20N4O3S3. The molecule has 1 aliphatic carbocycles. The summed E-state index contributed by atoms with van der Waals surface area (Å²) in [6.07, 6.45) is 4.60. The zero-order valence-electron chi connectivity index (χ0n) is 15.5. The molecule has 0 aromatic carbocycles. The summed E-state index contributed by atoms with van der Waals surface area (Å²) >= 11 is 3.03. The van der Waals surface area contributed by atoms with Crippen LogP contribution >= 0.6 is 23.1 Å². The van der Waals surface area contributed by atoms with Gasteiger partial charge in [0.1, 0.15) is 16.2 Å². The van der Waals surface area contributed by atoms with Crippen molar-refractivity contribution in [2.24, 2.45) is 0 Å². The Kier molecular flexibility index (Phi) is 5.30. The summed E-state index contributed by atoms with van der Waals surface area (Å²) in [5.74, 6) is 0.222. The van der Waals surface area contributed by atoms with Crippen molar-refractivity contribution in [1.29, 1.82) is 0 Å². The Balaban J connectivity index is 1.40. The van der Waals surface area contributed by atoms with E-state index in [0.717, 1.165) is 33.6 Å². The van der Waals surface area contributed by atoms with Gasteiger partial charge in [0.25, 0.3) is 0 Å². The number of sulfonamides is 1. The Morgan fingerprint density at radius 2 is 2.14 bits per heavy atom. The van der Waals surface area contributed by atoms with Crippen LogP contribution in [0.4, 0.5) is 0 Å². The minimum Gasteiger partial charge on any atom is -0.363 e. The van der Waals surface area contributed by atoms with E-state index in [1.54, 1.807) is 23.6 Å². The Morgan fingerprint density at radius 1 is 1.36 bits per heavy atom.